The topological polar surface area (TPSA) is 106 Å². The minimum absolute atomic E-state index is 0.0144. The highest BCUT2D eigenvalue weighted by Crippen LogP contribution is 2.24. The number of amides is 1. The van der Waals surface area contributed by atoms with Gasteiger partial charge in [-0.15, -0.1) is 10.2 Å². The minimum atomic E-state index is -0.581. The Morgan fingerprint density at radius 1 is 1.03 bits per heavy atom. The van der Waals surface area contributed by atoms with Crippen LogP contribution in [-0.4, -0.2) is 39.9 Å². The fourth-order valence-electron chi connectivity index (χ4n) is 2.99. The molecule has 156 valence electrons. The van der Waals surface area contributed by atoms with E-state index in [2.05, 4.69) is 15.5 Å². The van der Waals surface area contributed by atoms with E-state index in [1.54, 1.807) is 18.2 Å². The standard InChI is InChI=1S/C21H17ClN6O3/c1-26(2)14-4-6-15(7-5-14)27-24-19-10-3-13(11-20(19)25-27)23-21(29)17-12-16(28(30)31)8-9-18(17)22/h3-12H,1-2H3,(H,23,29). The van der Waals surface area contributed by atoms with E-state index in [0.717, 1.165) is 17.4 Å². The van der Waals surface area contributed by atoms with Gasteiger partial charge in [-0.05, 0) is 48.5 Å². The number of fused-ring (bicyclic) bond motifs is 1. The number of nitrogens with one attached hydrogen (secondary N) is 1. The Balaban J connectivity index is 1.59. The summed E-state index contributed by atoms with van der Waals surface area (Å²) in [7, 11) is 3.93. The molecule has 1 amide bonds. The molecule has 0 fully saturated rings. The molecule has 0 aliphatic rings. The molecule has 0 unspecified atom stereocenters. The third-order valence-electron chi connectivity index (χ3n) is 4.64. The van der Waals surface area contributed by atoms with Gasteiger partial charge in [0.05, 0.1) is 21.2 Å². The van der Waals surface area contributed by atoms with E-state index in [0.29, 0.717) is 16.7 Å². The molecule has 9 nitrogen and oxygen atoms in total. The minimum Gasteiger partial charge on any atom is -0.378 e. The lowest BCUT2D eigenvalue weighted by Crippen LogP contribution is -2.12. The Labute approximate surface area is 182 Å². The second-order valence-electron chi connectivity index (χ2n) is 6.98. The number of nitrogens with zero attached hydrogens (tertiary/aromatic N) is 5. The molecule has 0 spiro atoms. The molecule has 3 aromatic carbocycles. The zero-order valence-electron chi connectivity index (χ0n) is 16.6. The van der Waals surface area contributed by atoms with Gasteiger partial charge in [-0.3, -0.25) is 14.9 Å². The summed E-state index contributed by atoms with van der Waals surface area (Å²) in [5, 5.41) is 22.7. The summed E-state index contributed by atoms with van der Waals surface area (Å²) in [5.74, 6) is -0.556. The average molecular weight is 437 g/mol. The van der Waals surface area contributed by atoms with Gasteiger partial charge in [-0.2, -0.15) is 4.80 Å². The van der Waals surface area contributed by atoms with Crippen LogP contribution in [0.25, 0.3) is 16.7 Å². The fraction of sp³-hybridized carbons (Fsp3) is 0.0952. The maximum absolute atomic E-state index is 12.6. The van der Waals surface area contributed by atoms with Crippen LogP contribution in [0, 0.1) is 10.1 Å². The molecular formula is C21H17ClN6O3. The number of carbonyl (C=O) groups is 1. The normalized spacial score (nSPS) is 10.8. The summed E-state index contributed by atoms with van der Waals surface area (Å²) < 4.78 is 0. The molecule has 31 heavy (non-hydrogen) atoms. The first-order valence-electron chi connectivity index (χ1n) is 9.22. The van der Waals surface area contributed by atoms with E-state index in [1.807, 2.05) is 43.3 Å². The first-order valence-corrected chi connectivity index (χ1v) is 9.60. The lowest BCUT2D eigenvalue weighted by atomic mass is 10.1. The second kappa shape index (κ2) is 8.04. The van der Waals surface area contributed by atoms with Crippen molar-refractivity contribution in [1.29, 1.82) is 0 Å². The number of rotatable bonds is 5. The molecule has 0 saturated heterocycles. The van der Waals surface area contributed by atoms with Crippen LogP contribution in [-0.2, 0) is 0 Å². The van der Waals surface area contributed by atoms with Crippen LogP contribution in [0.5, 0.6) is 0 Å². The average Bonchev–Trinajstić information content (AvgIpc) is 3.17. The molecule has 0 aliphatic carbocycles. The molecule has 1 N–H and O–H groups in total. The van der Waals surface area contributed by atoms with Crippen LogP contribution >= 0.6 is 11.6 Å². The van der Waals surface area contributed by atoms with Crippen LogP contribution in [0.4, 0.5) is 17.1 Å². The first kappa shape index (κ1) is 20.3. The van der Waals surface area contributed by atoms with Crippen molar-refractivity contribution in [3.63, 3.8) is 0 Å². The maximum Gasteiger partial charge on any atom is 0.270 e. The van der Waals surface area contributed by atoms with Gasteiger partial charge in [-0.25, -0.2) is 0 Å². The van der Waals surface area contributed by atoms with E-state index in [1.165, 1.54) is 16.9 Å². The van der Waals surface area contributed by atoms with Crippen molar-refractivity contribution in [3.8, 4) is 5.69 Å². The van der Waals surface area contributed by atoms with Crippen molar-refractivity contribution in [1.82, 2.24) is 15.0 Å². The van der Waals surface area contributed by atoms with Gasteiger partial charge in [0.2, 0.25) is 0 Å². The summed E-state index contributed by atoms with van der Waals surface area (Å²) in [5.41, 5.74) is 3.37. The van der Waals surface area contributed by atoms with Crippen LogP contribution < -0.4 is 10.2 Å². The SMILES string of the molecule is CN(C)c1ccc(-n2nc3ccc(NC(=O)c4cc([N+](=O)[O-])ccc4Cl)cc3n2)cc1. The van der Waals surface area contributed by atoms with E-state index in [9.17, 15) is 14.9 Å². The molecule has 4 aromatic rings. The number of nitro groups is 1. The summed E-state index contributed by atoms with van der Waals surface area (Å²) in [6.07, 6.45) is 0. The van der Waals surface area contributed by atoms with Crippen molar-refractivity contribution < 1.29 is 9.72 Å². The zero-order valence-corrected chi connectivity index (χ0v) is 17.4. The van der Waals surface area contributed by atoms with Crippen molar-refractivity contribution >= 4 is 45.6 Å². The Hall–Kier alpha value is -3.98. The van der Waals surface area contributed by atoms with Gasteiger partial charge in [-0.1, -0.05) is 11.6 Å². The summed E-state index contributed by atoms with van der Waals surface area (Å²) in [4.78, 5) is 26.5. The number of non-ortho nitro benzene ring substituents is 1. The fourth-order valence-corrected chi connectivity index (χ4v) is 3.19. The van der Waals surface area contributed by atoms with Crippen LogP contribution in [0.15, 0.2) is 60.7 Å². The zero-order chi connectivity index (χ0) is 22.1. The molecule has 1 aromatic heterocycles. The summed E-state index contributed by atoms with van der Waals surface area (Å²) >= 11 is 6.05. The number of benzene rings is 3. The second-order valence-corrected chi connectivity index (χ2v) is 7.39. The molecule has 0 radical (unpaired) electrons. The first-order chi connectivity index (χ1) is 14.8. The number of anilines is 2. The molecular weight excluding hydrogens is 420 g/mol. The monoisotopic (exact) mass is 436 g/mol. The molecule has 0 atom stereocenters. The Bertz CT molecular complexity index is 1300. The van der Waals surface area contributed by atoms with Gasteiger partial charge in [0, 0.05) is 37.6 Å². The highest BCUT2D eigenvalue weighted by atomic mass is 35.5. The lowest BCUT2D eigenvalue weighted by molar-refractivity contribution is -0.384. The predicted molar refractivity (Wildman–Crippen MR) is 119 cm³/mol. The van der Waals surface area contributed by atoms with E-state index in [4.69, 9.17) is 11.6 Å². The Kier molecular flexibility index (Phi) is 5.26. The quantitative estimate of drug-likeness (QED) is 0.369. The highest BCUT2D eigenvalue weighted by Gasteiger charge is 2.16. The lowest BCUT2D eigenvalue weighted by Gasteiger charge is -2.12. The number of halogens is 1. The van der Waals surface area contributed by atoms with Crippen molar-refractivity contribution in [2.45, 2.75) is 0 Å². The molecule has 0 bridgehead atoms. The number of nitro benzene ring substituents is 1. The third-order valence-corrected chi connectivity index (χ3v) is 4.97. The molecule has 1 heterocycles. The predicted octanol–water partition coefficient (Wildman–Crippen LogP) is 4.30. The van der Waals surface area contributed by atoms with E-state index in [-0.39, 0.29) is 16.3 Å². The number of carbonyl (C=O) groups excluding carboxylic acids is 1. The van der Waals surface area contributed by atoms with Gasteiger partial charge in [0.1, 0.15) is 11.0 Å². The molecule has 4 rings (SSSR count). The number of hydrogen-bond donors (Lipinski definition) is 1. The van der Waals surface area contributed by atoms with Gasteiger partial charge < -0.3 is 10.2 Å². The van der Waals surface area contributed by atoms with Crippen LogP contribution in [0.3, 0.4) is 0 Å². The van der Waals surface area contributed by atoms with Gasteiger partial charge in [0.25, 0.3) is 11.6 Å². The largest absolute Gasteiger partial charge is 0.378 e. The van der Waals surface area contributed by atoms with Gasteiger partial charge >= 0.3 is 0 Å². The van der Waals surface area contributed by atoms with Crippen LogP contribution in [0.2, 0.25) is 5.02 Å². The van der Waals surface area contributed by atoms with E-state index < -0.39 is 10.8 Å². The van der Waals surface area contributed by atoms with Crippen LogP contribution in [0.1, 0.15) is 10.4 Å². The molecule has 0 aliphatic heterocycles. The molecule has 0 saturated carbocycles. The smallest absolute Gasteiger partial charge is 0.270 e. The van der Waals surface area contributed by atoms with Gasteiger partial charge in [0.15, 0.2) is 0 Å². The number of hydrogen-bond acceptors (Lipinski definition) is 6. The number of aromatic nitrogens is 3. The molecule has 10 heteroatoms. The van der Waals surface area contributed by atoms with Crippen molar-refractivity contribution in [2.75, 3.05) is 24.3 Å². The summed E-state index contributed by atoms with van der Waals surface area (Å²) in [6, 6.07) is 16.6. The van der Waals surface area contributed by atoms with Crippen molar-refractivity contribution in [2.24, 2.45) is 0 Å². The van der Waals surface area contributed by atoms with Crippen molar-refractivity contribution in [3.05, 3.63) is 81.4 Å². The van der Waals surface area contributed by atoms with E-state index >= 15 is 0 Å². The third kappa shape index (κ3) is 4.17. The Morgan fingerprint density at radius 2 is 1.74 bits per heavy atom. The highest BCUT2D eigenvalue weighted by molar-refractivity contribution is 6.34. The Morgan fingerprint density at radius 3 is 2.42 bits per heavy atom. The summed E-state index contributed by atoms with van der Waals surface area (Å²) in [6.45, 7) is 0. The maximum atomic E-state index is 12.6.